The first kappa shape index (κ1) is 21.1. The molecule has 162 valence electrons. The van der Waals surface area contributed by atoms with Crippen molar-refractivity contribution in [2.75, 3.05) is 43.1 Å². The Balaban J connectivity index is 1.49. The summed E-state index contributed by atoms with van der Waals surface area (Å²) in [7, 11) is 0. The first-order valence-electron chi connectivity index (χ1n) is 10.5. The van der Waals surface area contributed by atoms with Crippen LogP contribution in [0.1, 0.15) is 25.3 Å². The normalized spacial score (nSPS) is 20.3. The van der Waals surface area contributed by atoms with Gasteiger partial charge in [-0.15, -0.1) is 10.2 Å². The first-order valence-corrected chi connectivity index (χ1v) is 11.4. The Kier molecular flexibility index (Phi) is 6.91. The number of carbonyl (C=O) groups is 1. The van der Waals surface area contributed by atoms with Gasteiger partial charge in [0.05, 0.1) is 31.1 Å². The summed E-state index contributed by atoms with van der Waals surface area (Å²) in [5.41, 5.74) is 1.88. The number of benzene rings is 1. The van der Waals surface area contributed by atoms with Crippen molar-refractivity contribution in [2.24, 2.45) is 0 Å². The average molecular weight is 432 g/mol. The summed E-state index contributed by atoms with van der Waals surface area (Å²) in [6, 6.07) is 7.79. The van der Waals surface area contributed by atoms with E-state index in [1.54, 1.807) is 0 Å². The van der Waals surface area contributed by atoms with E-state index in [0.717, 1.165) is 54.9 Å². The number of morpholine rings is 1. The Bertz CT molecular complexity index is 862. The van der Waals surface area contributed by atoms with E-state index in [0.29, 0.717) is 19.8 Å². The van der Waals surface area contributed by atoms with Crippen molar-refractivity contribution in [1.29, 1.82) is 0 Å². The number of rotatable bonds is 7. The second kappa shape index (κ2) is 9.80. The number of carbonyl (C=O) groups excluding carboxylic acids is 1. The van der Waals surface area contributed by atoms with Gasteiger partial charge in [0.2, 0.25) is 11.9 Å². The molecule has 2 aromatic rings. The summed E-state index contributed by atoms with van der Waals surface area (Å²) in [5, 5.41) is 12.4. The molecular weight excluding hydrogens is 402 g/mol. The molecule has 1 N–H and O–H groups in total. The van der Waals surface area contributed by atoms with Crippen molar-refractivity contribution in [1.82, 2.24) is 14.8 Å². The summed E-state index contributed by atoms with van der Waals surface area (Å²) in [6.07, 6.45) is 2.28. The minimum absolute atomic E-state index is 0.0473. The molecule has 0 saturated carbocycles. The molecule has 2 fully saturated rings. The standard InChI is InChI=1S/C21H29N5O3S/c1-15-6-3-4-8-18(15)22-19(27)16(2)30-21-24-23-20(25-9-12-28-13-10-25)26(21)14-17-7-5-11-29-17/h3-4,6,8,16-17H,5,7,9-14H2,1-2H3,(H,22,27)/t16-,17+/m0/s1. The van der Waals surface area contributed by atoms with Crippen molar-refractivity contribution in [2.45, 2.75) is 49.7 Å². The smallest absolute Gasteiger partial charge is 0.237 e. The van der Waals surface area contributed by atoms with E-state index in [1.807, 2.05) is 38.1 Å². The molecule has 0 bridgehead atoms. The molecule has 1 amide bonds. The molecule has 0 spiro atoms. The molecule has 4 rings (SSSR count). The SMILES string of the molecule is Cc1ccccc1NC(=O)[C@H](C)Sc1nnc(N2CCOCC2)n1C[C@H]1CCCO1. The zero-order valence-corrected chi connectivity index (χ0v) is 18.4. The van der Waals surface area contributed by atoms with Crippen LogP contribution in [0.25, 0.3) is 0 Å². The Morgan fingerprint density at radius 3 is 2.80 bits per heavy atom. The van der Waals surface area contributed by atoms with Crippen LogP contribution < -0.4 is 10.2 Å². The predicted octanol–water partition coefficient (Wildman–Crippen LogP) is 2.72. The third kappa shape index (κ3) is 4.96. The summed E-state index contributed by atoms with van der Waals surface area (Å²) in [4.78, 5) is 15.0. The lowest BCUT2D eigenvalue weighted by atomic mass is 10.2. The van der Waals surface area contributed by atoms with Gasteiger partial charge in [0.25, 0.3) is 0 Å². The van der Waals surface area contributed by atoms with Gasteiger partial charge >= 0.3 is 0 Å². The molecule has 8 nitrogen and oxygen atoms in total. The van der Waals surface area contributed by atoms with Crippen molar-refractivity contribution in [3.8, 4) is 0 Å². The summed E-state index contributed by atoms with van der Waals surface area (Å²) in [5.74, 6) is 0.789. The second-order valence-electron chi connectivity index (χ2n) is 7.69. The quantitative estimate of drug-likeness (QED) is 0.675. The van der Waals surface area contributed by atoms with Gasteiger partial charge in [-0.2, -0.15) is 0 Å². The highest BCUT2D eigenvalue weighted by Gasteiger charge is 2.27. The summed E-state index contributed by atoms with van der Waals surface area (Å²) < 4.78 is 13.5. The van der Waals surface area contributed by atoms with E-state index in [1.165, 1.54) is 11.8 Å². The predicted molar refractivity (Wildman–Crippen MR) is 117 cm³/mol. The van der Waals surface area contributed by atoms with Crippen molar-refractivity contribution >= 4 is 29.3 Å². The van der Waals surface area contributed by atoms with Gasteiger partial charge in [0, 0.05) is 25.4 Å². The van der Waals surface area contributed by atoms with E-state index in [2.05, 4.69) is 25.0 Å². The fraction of sp³-hybridized carbons (Fsp3) is 0.571. The number of ether oxygens (including phenoxy) is 2. The lowest BCUT2D eigenvalue weighted by Gasteiger charge is -2.28. The molecule has 3 heterocycles. The largest absolute Gasteiger partial charge is 0.378 e. The van der Waals surface area contributed by atoms with Crippen molar-refractivity contribution in [3.63, 3.8) is 0 Å². The number of anilines is 2. The van der Waals surface area contributed by atoms with Crippen LogP contribution in [0.3, 0.4) is 0 Å². The number of hydrogen-bond donors (Lipinski definition) is 1. The lowest BCUT2D eigenvalue weighted by Crippen LogP contribution is -2.38. The highest BCUT2D eigenvalue weighted by Crippen LogP contribution is 2.29. The molecule has 0 unspecified atom stereocenters. The lowest BCUT2D eigenvalue weighted by molar-refractivity contribution is -0.115. The molecule has 2 aliphatic rings. The Labute approximate surface area is 181 Å². The number of nitrogens with one attached hydrogen (secondary N) is 1. The maximum atomic E-state index is 12.8. The molecule has 30 heavy (non-hydrogen) atoms. The number of aryl methyl sites for hydroxylation is 1. The fourth-order valence-electron chi connectivity index (χ4n) is 3.68. The molecule has 9 heteroatoms. The van der Waals surface area contributed by atoms with Gasteiger partial charge < -0.3 is 19.7 Å². The van der Waals surface area contributed by atoms with Crippen LogP contribution in [0, 0.1) is 6.92 Å². The minimum atomic E-state index is -0.311. The van der Waals surface area contributed by atoms with E-state index in [-0.39, 0.29) is 17.3 Å². The molecule has 0 radical (unpaired) electrons. The molecule has 1 aromatic carbocycles. The van der Waals surface area contributed by atoms with E-state index >= 15 is 0 Å². The fourth-order valence-corrected chi connectivity index (χ4v) is 4.53. The third-order valence-corrected chi connectivity index (χ3v) is 6.54. The maximum Gasteiger partial charge on any atom is 0.237 e. The van der Waals surface area contributed by atoms with Crippen LogP contribution in [-0.4, -0.2) is 64.9 Å². The van der Waals surface area contributed by atoms with Gasteiger partial charge in [0.1, 0.15) is 0 Å². The van der Waals surface area contributed by atoms with Crippen molar-refractivity contribution in [3.05, 3.63) is 29.8 Å². The van der Waals surface area contributed by atoms with Crippen LogP contribution in [0.2, 0.25) is 0 Å². The molecule has 2 saturated heterocycles. The van der Waals surface area contributed by atoms with Gasteiger partial charge in [-0.05, 0) is 38.3 Å². The summed E-state index contributed by atoms with van der Waals surface area (Å²) >= 11 is 1.44. The van der Waals surface area contributed by atoms with E-state index < -0.39 is 0 Å². The highest BCUT2D eigenvalue weighted by molar-refractivity contribution is 8.00. The second-order valence-corrected chi connectivity index (χ2v) is 9.00. The van der Waals surface area contributed by atoms with Gasteiger partial charge in [-0.3, -0.25) is 9.36 Å². The van der Waals surface area contributed by atoms with Crippen LogP contribution in [0.15, 0.2) is 29.4 Å². The van der Waals surface area contributed by atoms with Crippen LogP contribution in [0.5, 0.6) is 0 Å². The Morgan fingerprint density at radius 1 is 1.27 bits per heavy atom. The molecule has 2 aliphatic heterocycles. The van der Waals surface area contributed by atoms with E-state index in [9.17, 15) is 4.79 Å². The number of hydrogen-bond acceptors (Lipinski definition) is 7. The van der Waals surface area contributed by atoms with Gasteiger partial charge in [0.15, 0.2) is 5.16 Å². The average Bonchev–Trinajstić information content (AvgIpc) is 3.41. The number of nitrogens with zero attached hydrogens (tertiary/aromatic N) is 4. The number of amides is 1. The Hall–Kier alpha value is -2.10. The Morgan fingerprint density at radius 2 is 2.07 bits per heavy atom. The maximum absolute atomic E-state index is 12.8. The molecule has 1 aromatic heterocycles. The number of aromatic nitrogens is 3. The van der Waals surface area contributed by atoms with Crippen molar-refractivity contribution < 1.29 is 14.3 Å². The number of para-hydroxylation sites is 1. The first-order chi connectivity index (χ1) is 14.6. The number of thioether (sulfide) groups is 1. The van der Waals surface area contributed by atoms with E-state index in [4.69, 9.17) is 9.47 Å². The highest BCUT2D eigenvalue weighted by atomic mass is 32.2. The third-order valence-electron chi connectivity index (χ3n) is 5.46. The zero-order chi connectivity index (χ0) is 20.9. The van der Waals surface area contributed by atoms with Gasteiger partial charge in [-0.25, -0.2) is 0 Å². The van der Waals surface area contributed by atoms with Crippen LogP contribution >= 0.6 is 11.8 Å². The molecular formula is C21H29N5O3S. The van der Waals surface area contributed by atoms with Crippen LogP contribution in [-0.2, 0) is 20.8 Å². The summed E-state index contributed by atoms with van der Waals surface area (Å²) in [6.45, 7) is 8.34. The monoisotopic (exact) mass is 431 g/mol. The molecule has 0 aliphatic carbocycles. The topological polar surface area (TPSA) is 81.5 Å². The van der Waals surface area contributed by atoms with Crippen LogP contribution in [0.4, 0.5) is 11.6 Å². The zero-order valence-electron chi connectivity index (χ0n) is 17.5. The van der Waals surface area contributed by atoms with Gasteiger partial charge in [-0.1, -0.05) is 30.0 Å². The molecule has 2 atom stereocenters. The minimum Gasteiger partial charge on any atom is -0.378 e.